The van der Waals surface area contributed by atoms with Gasteiger partial charge < -0.3 is 5.32 Å². The van der Waals surface area contributed by atoms with Crippen LogP contribution in [0.4, 0.5) is 11.4 Å². The Kier molecular flexibility index (Phi) is 4.03. The second-order valence-electron chi connectivity index (χ2n) is 5.14. The molecule has 1 N–H and O–H groups in total. The largest absolute Gasteiger partial charge is 0.350 e. The molecule has 1 amide bonds. The van der Waals surface area contributed by atoms with Crippen LogP contribution in [-0.2, 0) is 11.2 Å². The Morgan fingerprint density at radius 3 is 2.39 bits per heavy atom. The minimum Gasteiger partial charge on any atom is -0.350 e. The van der Waals surface area contributed by atoms with Crippen LogP contribution >= 0.6 is 12.2 Å². The fourth-order valence-corrected chi connectivity index (χ4v) is 2.82. The summed E-state index contributed by atoms with van der Waals surface area (Å²) < 4.78 is 0. The Labute approximate surface area is 137 Å². The molecule has 1 aliphatic rings. The van der Waals surface area contributed by atoms with Crippen molar-refractivity contribution in [3.8, 4) is 0 Å². The van der Waals surface area contributed by atoms with Gasteiger partial charge in [-0.3, -0.25) is 19.8 Å². The van der Waals surface area contributed by atoms with E-state index in [9.17, 15) is 14.9 Å². The van der Waals surface area contributed by atoms with Gasteiger partial charge in [-0.05, 0) is 29.9 Å². The van der Waals surface area contributed by atoms with Crippen LogP contribution in [0.25, 0.3) is 0 Å². The van der Waals surface area contributed by atoms with Crippen LogP contribution in [0, 0.1) is 10.1 Å². The summed E-state index contributed by atoms with van der Waals surface area (Å²) in [6, 6.07) is 15.0. The summed E-state index contributed by atoms with van der Waals surface area (Å²) in [6.45, 7) is 0. The molecule has 0 spiro atoms. The van der Waals surface area contributed by atoms with Crippen molar-refractivity contribution in [3.63, 3.8) is 0 Å². The van der Waals surface area contributed by atoms with E-state index in [1.807, 2.05) is 30.3 Å². The average molecular weight is 327 g/mol. The molecule has 2 aromatic carbocycles. The average Bonchev–Trinajstić information content (AvgIpc) is 2.82. The maximum absolute atomic E-state index is 12.6. The van der Waals surface area contributed by atoms with E-state index in [4.69, 9.17) is 12.2 Å². The lowest BCUT2D eigenvalue weighted by molar-refractivity contribution is -0.384. The van der Waals surface area contributed by atoms with Gasteiger partial charge >= 0.3 is 0 Å². The zero-order valence-electron chi connectivity index (χ0n) is 12.0. The molecule has 2 aromatic rings. The third kappa shape index (κ3) is 3.04. The van der Waals surface area contributed by atoms with E-state index in [-0.39, 0.29) is 11.6 Å². The smallest absolute Gasteiger partial charge is 0.269 e. The predicted octanol–water partition coefficient (Wildman–Crippen LogP) is 2.43. The maximum Gasteiger partial charge on any atom is 0.269 e. The van der Waals surface area contributed by atoms with Gasteiger partial charge in [0.1, 0.15) is 6.04 Å². The SMILES string of the molecule is O=C1C(Cc2ccccc2)NC(=S)N1c1ccc([N+](=O)[O-])cc1. The van der Waals surface area contributed by atoms with E-state index in [1.54, 1.807) is 0 Å². The minimum absolute atomic E-state index is 0.0277. The second-order valence-corrected chi connectivity index (χ2v) is 5.53. The van der Waals surface area contributed by atoms with Crippen molar-refractivity contribution < 1.29 is 9.72 Å². The van der Waals surface area contributed by atoms with Crippen LogP contribution in [0.3, 0.4) is 0 Å². The van der Waals surface area contributed by atoms with Gasteiger partial charge in [-0.25, -0.2) is 0 Å². The van der Waals surface area contributed by atoms with Crippen molar-refractivity contribution in [2.24, 2.45) is 0 Å². The molecule has 0 aliphatic carbocycles. The lowest BCUT2D eigenvalue weighted by Gasteiger charge is -2.14. The summed E-state index contributed by atoms with van der Waals surface area (Å²) in [5.41, 5.74) is 1.53. The third-order valence-electron chi connectivity index (χ3n) is 3.62. The number of hydrogen-bond donors (Lipinski definition) is 1. The van der Waals surface area contributed by atoms with Crippen LogP contribution in [-0.4, -0.2) is 22.0 Å². The molecule has 6 nitrogen and oxygen atoms in total. The molecule has 1 aliphatic heterocycles. The standard InChI is InChI=1S/C16H13N3O3S/c20-15-14(10-11-4-2-1-3-5-11)17-16(23)18(15)12-6-8-13(9-7-12)19(21)22/h1-9,14H,10H2,(H,17,23). The van der Waals surface area contributed by atoms with Gasteiger partial charge in [-0.1, -0.05) is 30.3 Å². The number of hydrogen-bond acceptors (Lipinski definition) is 4. The third-order valence-corrected chi connectivity index (χ3v) is 3.92. The molecule has 23 heavy (non-hydrogen) atoms. The van der Waals surface area contributed by atoms with Crippen molar-refractivity contribution in [3.05, 3.63) is 70.3 Å². The topological polar surface area (TPSA) is 75.5 Å². The Bertz CT molecular complexity index is 762. The first-order valence-electron chi connectivity index (χ1n) is 6.99. The first-order valence-corrected chi connectivity index (χ1v) is 7.40. The van der Waals surface area contributed by atoms with E-state index in [0.29, 0.717) is 17.2 Å². The lowest BCUT2D eigenvalue weighted by Crippen LogP contribution is -2.32. The monoisotopic (exact) mass is 327 g/mol. The molecule has 7 heteroatoms. The normalized spacial score (nSPS) is 17.2. The first-order chi connectivity index (χ1) is 11.1. The number of anilines is 1. The van der Waals surface area contributed by atoms with Gasteiger partial charge in [-0.15, -0.1) is 0 Å². The van der Waals surface area contributed by atoms with E-state index >= 15 is 0 Å². The number of nitro benzene ring substituents is 1. The maximum atomic E-state index is 12.6. The summed E-state index contributed by atoms with van der Waals surface area (Å²) in [5.74, 6) is -0.160. The van der Waals surface area contributed by atoms with Crippen LogP contribution in [0.15, 0.2) is 54.6 Å². The molecule has 0 aromatic heterocycles. The quantitative estimate of drug-likeness (QED) is 0.530. The molecule has 0 bridgehead atoms. The van der Waals surface area contributed by atoms with Gasteiger partial charge in [0.05, 0.1) is 10.6 Å². The first kappa shape index (κ1) is 15.1. The number of nitrogens with one attached hydrogen (secondary N) is 1. The van der Waals surface area contributed by atoms with Crippen LogP contribution in [0.2, 0.25) is 0 Å². The Morgan fingerprint density at radius 2 is 1.78 bits per heavy atom. The molecule has 0 saturated carbocycles. The molecule has 1 unspecified atom stereocenters. The number of carbonyl (C=O) groups is 1. The van der Waals surface area contributed by atoms with Gasteiger partial charge in [0.2, 0.25) is 0 Å². The fourth-order valence-electron chi connectivity index (χ4n) is 2.49. The van der Waals surface area contributed by atoms with E-state index in [2.05, 4.69) is 5.32 Å². The van der Waals surface area contributed by atoms with Gasteiger partial charge in [0.15, 0.2) is 5.11 Å². The van der Waals surface area contributed by atoms with Crippen molar-refractivity contribution in [1.29, 1.82) is 0 Å². The summed E-state index contributed by atoms with van der Waals surface area (Å²) in [5, 5.41) is 14.0. The Balaban J connectivity index is 1.79. The number of non-ortho nitro benzene ring substituents is 1. The van der Waals surface area contributed by atoms with Crippen LogP contribution in [0.5, 0.6) is 0 Å². The predicted molar refractivity (Wildman–Crippen MR) is 90.3 cm³/mol. The van der Waals surface area contributed by atoms with E-state index < -0.39 is 11.0 Å². The fraction of sp³-hybridized carbons (Fsp3) is 0.125. The van der Waals surface area contributed by atoms with E-state index in [1.165, 1.54) is 29.2 Å². The van der Waals surface area contributed by atoms with Gasteiger partial charge in [0.25, 0.3) is 11.6 Å². The molecular formula is C16H13N3O3S. The van der Waals surface area contributed by atoms with Crippen LogP contribution in [0.1, 0.15) is 5.56 Å². The number of carbonyl (C=O) groups excluding carboxylic acids is 1. The summed E-state index contributed by atoms with van der Waals surface area (Å²) in [6.07, 6.45) is 0.531. The molecule has 3 rings (SSSR count). The lowest BCUT2D eigenvalue weighted by atomic mass is 10.1. The molecule has 0 radical (unpaired) electrons. The Morgan fingerprint density at radius 1 is 1.13 bits per heavy atom. The molecule has 1 fully saturated rings. The molecule has 1 heterocycles. The summed E-state index contributed by atoms with van der Waals surface area (Å²) in [4.78, 5) is 24.2. The zero-order chi connectivity index (χ0) is 16.4. The highest BCUT2D eigenvalue weighted by molar-refractivity contribution is 7.80. The number of nitrogens with zero attached hydrogens (tertiary/aromatic N) is 2. The van der Waals surface area contributed by atoms with E-state index in [0.717, 1.165) is 5.56 Å². The van der Waals surface area contributed by atoms with Crippen molar-refractivity contribution in [2.75, 3.05) is 4.90 Å². The molecule has 1 saturated heterocycles. The number of nitro groups is 1. The highest BCUT2D eigenvalue weighted by atomic mass is 32.1. The van der Waals surface area contributed by atoms with Gasteiger partial charge in [-0.2, -0.15) is 0 Å². The number of thiocarbonyl (C=S) groups is 1. The zero-order valence-corrected chi connectivity index (χ0v) is 12.8. The van der Waals surface area contributed by atoms with Crippen LogP contribution < -0.4 is 10.2 Å². The van der Waals surface area contributed by atoms with Crippen molar-refractivity contribution in [2.45, 2.75) is 12.5 Å². The molecular weight excluding hydrogens is 314 g/mol. The highest BCUT2D eigenvalue weighted by Gasteiger charge is 2.36. The second kappa shape index (κ2) is 6.13. The summed E-state index contributed by atoms with van der Waals surface area (Å²) in [7, 11) is 0. The molecule has 116 valence electrons. The number of amides is 1. The Hall–Kier alpha value is -2.80. The highest BCUT2D eigenvalue weighted by Crippen LogP contribution is 2.23. The van der Waals surface area contributed by atoms with Crippen molar-refractivity contribution in [1.82, 2.24) is 5.32 Å². The number of benzene rings is 2. The van der Waals surface area contributed by atoms with Crippen molar-refractivity contribution >= 4 is 34.6 Å². The number of rotatable bonds is 4. The molecule has 1 atom stereocenters. The minimum atomic E-state index is -0.482. The summed E-state index contributed by atoms with van der Waals surface area (Å²) >= 11 is 5.24. The van der Waals surface area contributed by atoms with Gasteiger partial charge in [0, 0.05) is 18.6 Å².